The summed E-state index contributed by atoms with van der Waals surface area (Å²) in [6.45, 7) is 2.11. The van der Waals surface area contributed by atoms with Crippen LogP contribution in [0.4, 0.5) is 0 Å². The molecule has 5 nitrogen and oxygen atoms in total. The van der Waals surface area contributed by atoms with E-state index in [4.69, 9.17) is 14.2 Å². The molecule has 0 unspecified atom stereocenters. The molecular formula is C27H25NO4S. The van der Waals surface area contributed by atoms with E-state index in [2.05, 4.69) is 23.1 Å². The van der Waals surface area contributed by atoms with Crippen molar-refractivity contribution in [1.29, 1.82) is 0 Å². The van der Waals surface area contributed by atoms with E-state index in [-0.39, 0.29) is 5.97 Å². The van der Waals surface area contributed by atoms with Gasteiger partial charge in [0.15, 0.2) is 11.5 Å². The average Bonchev–Trinajstić information content (AvgIpc) is 3.54. The minimum absolute atomic E-state index is 0.328. The van der Waals surface area contributed by atoms with Crippen molar-refractivity contribution in [2.45, 2.75) is 31.8 Å². The van der Waals surface area contributed by atoms with Crippen molar-refractivity contribution in [3.05, 3.63) is 63.8 Å². The molecule has 2 aliphatic heterocycles. The summed E-state index contributed by atoms with van der Waals surface area (Å²) >= 11 is 1.38. The van der Waals surface area contributed by atoms with Crippen molar-refractivity contribution in [3.63, 3.8) is 0 Å². The Morgan fingerprint density at radius 2 is 1.76 bits per heavy atom. The van der Waals surface area contributed by atoms with E-state index in [1.807, 2.05) is 23.6 Å². The smallest absolute Gasteiger partial charge is 0.353 e. The van der Waals surface area contributed by atoms with E-state index in [1.54, 1.807) is 20.3 Å². The largest absolute Gasteiger partial charge is 0.493 e. The van der Waals surface area contributed by atoms with Gasteiger partial charge in [0.05, 0.1) is 14.2 Å². The molecule has 1 saturated heterocycles. The lowest BCUT2D eigenvalue weighted by molar-refractivity contribution is 0.0740. The topological polar surface area (TPSA) is 48.0 Å². The second-order valence-corrected chi connectivity index (χ2v) is 9.70. The van der Waals surface area contributed by atoms with Crippen molar-refractivity contribution >= 4 is 38.9 Å². The molecule has 0 spiro atoms. The van der Waals surface area contributed by atoms with Gasteiger partial charge in [-0.05, 0) is 94.2 Å². The monoisotopic (exact) mass is 459 g/mol. The Hall–Kier alpha value is -3.09. The van der Waals surface area contributed by atoms with E-state index in [1.165, 1.54) is 46.1 Å². The molecule has 6 rings (SSSR count). The number of hydrogen-bond donors (Lipinski definition) is 0. The third-order valence-electron chi connectivity index (χ3n) is 7.05. The van der Waals surface area contributed by atoms with Crippen LogP contribution in [0.25, 0.3) is 21.5 Å². The summed E-state index contributed by atoms with van der Waals surface area (Å²) in [5, 5.41) is 6.46. The quantitative estimate of drug-likeness (QED) is 0.219. The molecule has 1 fully saturated rings. The zero-order valence-electron chi connectivity index (χ0n) is 18.7. The Morgan fingerprint density at radius 1 is 0.970 bits per heavy atom. The number of benzene rings is 3. The van der Waals surface area contributed by atoms with Gasteiger partial charge in [-0.15, -0.1) is 11.3 Å². The van der Waals surface area contributed by atoms with Crippen molar-refractivity contribution in [3.8, 4) is 17.2 Å². The maximum atomic E-state index is 12.6. The second-order valence-electron chi connectivity index (χ2n) is 8.75. The SMILES string of the molecule is COc1cc2c3c(c4ccc(OC(=O)c5cccs5)cc4c2cc1OC)CN1CCC[C@@H]1C3. The molecule has 0 amide bonds. The molecule has 33 heavy (non-hydrogen) atoms. The van der Waals surface area contributed by atoms with E-state index >= 15 is 0 Å². The number of thiophene rings is 1. The van der Waals surface area contributed by atoms with Gasteiger partial charge in [0.25, 0.3) is 0 Å². The van der Waals surface area contributed by atoms with E-state index in [9.17, 15) is 4.79 Å². The van der Waals surface area contributed by atoms with Crippen LogP contribution in [0.5, 0.6) is 17.2 Å². The highest BCUT2D eigenvalue weighted by Crippen LogP contribution is 2.44. The number of carbonyl (C=O) groups excluding carboxylic acids is 1. The first-order valence-electron chi connectivity index (χ1n) is 11.3. The Balaban J connectivity index is 1.56. The first-order chi connectivity index (χ1) is 16.2. The van der Waals surface area contributed by atoms with Crippen LogP contribution in [0.15, 0.2) is 47.8 Å². The summed E-state index contributed by atoms with van der Waals surface area (Å²) in [7, 11) is 3.34. The zero-order chi connectivity index (χ0) is 22.5. The summed E-state index contributed by atoms with van der Waals surface area (Å²) in [5.74, 6) is 1.66. The van der Waals surface area contributed by atoms with Gasteiger partial charge < -0.3 is 14.2 Å². The fraction of sp³-hybridized carbons (Fsp3) is 0.296. The van der Waals surface area contributed by atoms with Crippen molar-refractivity contribution < 1.29 is 19.0 Å². The van der Waals surface area contributed by atoms with Crippen LogP contribution in [0, 0.1) is 0 Å². The molecule has 2 aliphatic rings. The highest BCUT2D eigenvalue weighted by molar-refractivity contribution is 7.12. The summed E-state index contributed by atoms with van der Waals surface area (Å²) in [4.78, 5) is 15.8. The number of esters is 1. The molecule has 3 aromatic carbocycles. The lowest BCUT2D eigenvalue weighted by atomic mass is 9.85. The second kappa shape index (κ2) is 8.04. The van der Waals surface area contributed by atoms with Crippen LogP contribution in [-0.2, 0) is 13.0 Å². The molecule has 6 heteroatoms. The van der Waals surface area contributed by atoms with Gasteiger partial charge in [-0.25, -0.2) is 4.79 Å². The van der Waals surface area contributed by atoms with Gasteiger partial charge in [-0.2, -0.15) is 0 Å². The van der Waals surface area contributed by atoms with Crippen LogP contribution < -0.4 is 14.2 Å². The number of nitrogens with zero attached hydrogens (tertiary/aromatic N) is 1. The van der Waals surface area contributed by atoms with E-state index < -0.39 is 0 Å². The molecule has 168 valence electrons. The summed E-state index contributed by atoms with van der Waals surface area (Å²) < 4.78 is 17.0. The average molecular weight is 460 g/mol. The lowest BCUT2D eigenvalue weighted by Crippen LogP contribution is -2.35. The van der Waals surface area contributed by atoms with Crippen molar-refractivity contribution in [2.75, 3.05) is 20.8 Å². The van der Waals surface area contributed by atoms with Crippen LogP contribution in [-0.4, -0.2) is 37.7 Å². The normalized spacial score (nSPS) is 17.7. The molecule has 0 aliphatic carbocycles. The fourth-order valence-electron chi connectivity index (χ4n) is 5.49. The van der Waals surface area contributed by atoms with E-state index in [0.717, 1.165) is 36.0 Å². The number of fused-ring (bicyclic) bond motifs is 7. The van der Waals surface area contributed by atoms with Crippen LogP contribution in [0.3, 0.4) is 0 Å². The molecule has 1 aromatic heterocycles. The molecule has 0 N–H and O–H groups in total. The number of carbonyl (C=O) groups is 1. The molecule has 0 radical (unpaired) electrons. The van der Waals surface area contributed by atoms with Crippen LogP contribution in [0.1, 0.15) is 33.6 Å². The molecule has 3 heterocycles. The summed E-state index contributed by atoms with van der Waals surface area (Å²) in [5.41, 5.74) is 2.78. The fourth-order valence-corrected chi connectivity index (χ4v) is 6.09. The van der Waals surface area contributed by atoms with Gasteiger partial charge in [0, 0.05) is 12.6 Å². The predicted octanol–water partition coefficient (Wildman–Crippen LogP) is 5.81. The molecule has 1 atom stereocenters. The molecular weight excluding hydrogens is 434 g/mol. The molecule has 0 saturated carbocycles. The number of hydrogen-bond acceptors (Lipinski definition) is 6. The van der Waals surface area contributed by atoms with Crippen molar-refractivity contribution in [2.24, 2.45) is 0 Å². The van der Waals surface area contributed by atoms with Gasteiger partial charge in [-0.1, -0.05) is 12.1 Å². The highest BCUT2D eigenvalue weighted by Gasteiger charge is 2.32. The van der Waals surface area contributed by atoms with Crippen LogP contribution >= 0.6 is 11.3 Å². The predicted molar refractivity (Wildman–Crippen MR) is 131 cm³/mol. The number of rotatable bonds is 4. The molecule has 4 aromatic rings. The first kappa shape index (κ1) is 20.5. The van der Waals surface area contributed by atoms with Crippen LogP contribution in [0.2, 0.25) is 0 Å². The number of methoxy groups -OCH3 is 2. The first-order valence-corrected chi connectivity index (χ1v) is 12.2. The maximum Gasteiger partial charge on any atom is 0.353 e. The Labute approximate surface area is 196 Å². The summed E-state index contributed by atoms with van der Waals surface area (Å²) in [6.07, 6.45) is 3.56. The van der Waals surface area contributed by atoms with E-state index in [0.29, 0.717) is 22.4 Å². The summed E-state index contributed by atoms with van der Waals surface area (Å²) in [6, 6.07) is 14.4. The van der Waals surface area contributed by atoms with Gasteiger partial charge >= 0.3 is 5.97 Å². The third kappa shape index (κ3) is 3.36. The maximum absolute atomic E-state index is 12.6. The Kier molecular flexibility index (Phi) is 5.00. The van der Waals surface area contributed by atoms with Crippen molar-refractivity contribution in [1.82, 2.24) is 4.90 Å². The van der Waals surface area contributed by atoms with Gasteiger partial charge in [0.1, 0.15) is 10.6 Å². The Morgan fingerprint density at radius 3 is 2.52 bits per heavy atom. The van der Waals surface area contributed by atoms with Gasteiger partial charge in [-0.3, -0.25) is 4.90 Å². The Bertz CT molecular complexity index is 1380. The number of ether oxygens (including phenoxy) is 3. The minimum atomic E-state index is -0.328. The minimum Gasteiger partial charge on any atom is -0.493 e. The molecule has 0 bridgehead atoms. The zero-order valence-corrected chi connectivity index (χ0v) is 19.5. The highest BCUT2D eigenvalue weighted by atomic mass is 32.1. The standard InChI is InChI=1S/C27H25NO4S/c1-30-24-13-21-19-11-16-5-3-9-28(16)15-23(19)18-8-7-17(32-27(29)26-6-4-10-33-26)12-20(18)22(21)14-25(24)31-2/h4,6-8,10,12-14,16H,3,5,9,11,15H2,1-2H3/t16-/m1/s1. The third-order valence-corrected chi connectivity index (χ3v) is 7.90. The van der Waals surface area contributed by atoms with Gasteiger partial charge in [0.2, 0.25) is 0 Å². The lowest BCUT2D eigenvalue weighted by Gasteiger charge is -2.33.